The number of halogens is 1. The molecule has 0 saturated carbocycles. The van der Waals surface area contributed by atoms with Crippen LogP contribution in [0, 0.1) is 6.92 Å². The molecule has 0 amide bonds. The molecule has 19 heavy (non-hydrogen) atoms. The molecule has 1 N–H and O–H groups in total. The lowest BCUT2D eigenvalue weighted by Gasteiger charge is -2.01. The average Bonchev–Trinajstić information content (AvgIpc) is 2.77. The van der Waals surface area contributed by atoms with Crippen LogP contribution in [-0.2, 0) is 0 Å². The Morgan fingerprint density at radius 1 is 1.42 bits per heavy atom. The third-order valence-electron chi connectivity index (χ3n) is 2.75. The van der Waals surface area contributed by atoms with Crippen molar-refractivity contribution in [2.24, 2.45) is 0 Å². The van der Waals surface area contributed by atoms with Gasteiger partial charge in [0.05, 0.1) is 11.3 Å². The average molecular weight is 324 g/mol. The summed E-state index contributed by atoms with van der Waals surface area (Å²) in [5, 5.41) is 9.15. The number of hydrogen-bond acceptors (Lipinski definition) is 3. The van der Waals surface area contributed by atoms with Gasteiger partial charge in [-0.2, -0.15) is 0 Å². The van der Waals surface area contributed by atoms with E-state index in [9.17, 15) is 4.79 Å². The third-order valence-corrected chi connectivity index (χ3v) is 3.44. The molecule has 2 rings (SSSR count). The van der Waals surface area contributed by atoms with Gasteiger partial charge in [0, 0.05) is 4.47 Å². The summed E-state index contributed by atoms with van der Waals surface area (Å²) in [5.41, 5.74) is 2.28. The molecule has 2 aromatic rings. The quantitative estimate of drug-likeness (QED) is 0.917. The predicted octanol–water partition coefficient (Wildman–Crippen LogP) is 4.23. The Bertz CT molecular complexity index is 632. The zero-order chi connectivity index (χ0) is 14.2. The number of oxazole rings is 1. The summed E-state index contributed by atoms with van der Waals surface area (Å²) in [5.74, 6) is -0.853. The maximum absolute atomic E-state index is 11.2. The number of carboxylic acid groups (broad SMARTS) is 1. The Hall–Kier alpha value is -1.62. The van der Waals surface area contributed by atoms with Crippen molar-refractivity contribution in [1.29, 1.82) is 0 Å². The number of carbonyl (C=O) groups is 1. The van der Waals surface area contributed by atoms with E-state index in [1.54, 1.807) is 0 Å². The Kier molecular flexibility index (Phi) is 3.75. The second kappa shape index (κ2) is 5.17. The van der Waals surface area contributed by atoms with Crippen LogP contribution in [0.1, 0.15) is 41.6 Å². The predicted molar refractivity (Wildman–Crippen MR) is 75.4 cm³/mol. The van der Waals surface area contributed by atoms with Gasteiger partial charge in [0.2, 0.25) is 11.7 Å². The molecule has 5 heteroatoms. The van der Waals surface area contributed by atoms with Crippen LogP contribution < -0.4 is 0 Å². The molecule has 4 nitrogen and oxygen atoms in total. The minimum absolute atomic E-state index is 0.00724. The van der Waals surface area contributed by atoms with Crippen molar-refractivity contribution >= 4 is 21.9 Å². The van der Waals surface area contributed by atoms with Gasteiger partial charge in [-0.1, -0.05) is 25.5 Å². The fraction of sp³-hybridized carbons (Fsp3) is 0.286. The minimum atomic E-state index is -1.09. The minimum Gasteiger partial charge on any atom is -0.475 e. The highest BCUT2D eigenvalue weighted by atomic mass is 79.9. The summed E-state index contributed by atoms with van der Waals surface area (Å²) in [6.45, 7) is 5.74. The molecular formula is C14H14BrNO3. The molecule has 1 aromatic heterocycles. The smallest absolute Gasteiger partial charge is 0.373 e. The summed E-state index contributed by atoms with van der Waals surface area (Å²) in [7, 11) is 0. The van der Waals surface area contributed by atoms with Crippen molar-refractivity contribution in [1.82, 2.24) is 4.98 Å². The van der Waals surface area contributed by atoms with Crippen molar-refractivity contribution in [3.8, 4) is 11.5 Å². The van der Waals surface area contributed by atoms with E-state index in [0.717, 1.165) is 15.6 Å². The van der Waals surface area contributed by atoms with Crippen LogP contribution in [0.15, 0.2) is 27.1 Å². The van der Waals surface area contributed by atoms with Crippen LogP contribution in [0.25, 0.3) is 11.5 Å². The molecule has 100 valence electrons. The number of hydrogen-bond donors (Lipinski definition) is 1. The summed E-state index contributed by atoms with van der Waals surface area (Å²) < 4.78 is 6.24. The number of carboxylic acids is 1. The molecule has 0 atom stereocenters. The lowest BCUT2D eigenvalue weighted by Crippen LogP contribution is -2.01. The van der Waals surface area contributed by atoms with E-state index >= 15 is 0 Å². The topological polar surface area (TPSA) is 63.3 Å². The van der Waals surface area contributed by atoms with E-state index in [1.807, 2.05) is 39.0 Å². The molecule has 0 fully saturated rings. The van der Waals surface area contributed by atoms with E-state index in [0.29, 0.717) is 11.6 Å². The Balaban J connectivity index is 2.60. The highest BCUT2D eigenvalue weighted by Gasteiger charge is 2.23. The van der Waals surface area contributed by atoms with E-state index in [4.69, 9.17) is 9.52 Å². The van der Waals surface area contributed by atoms with Crippen LogP contribution in [-0.4, -0.2) is 16.1 Å². The van der Waals surface area contributed by atoms with Gasteiger partial charge in [0.1, 0.15) is 0 Å². The highest BCUT2D eigenvalue weighted by Crippen LogP contribution is 2.32. The Labute approximate surface area is 119 Å². The normalized spacial score (nSPS) is 11.0. The van der Waals surface area contributed by atoms with Gasteiger partial charge in [-0.15, -0.1) is 0 Å². The zero-order valence-electron chi connectivity index (χ0n) is 10.9. The number of aryl methyl sites for hydroxylation is 1. The second-order valence-electron chi connectivity index (χ2n) is 4.68. The zero-order valence-corrected chi connectivity index (χ0v) is 12.5. The first-order valence-corrected chi connectivity index (χ1v) is 6.70. The first-order chi connectivity index (χ1) is 8.90. The van der Waals surface area contributed by atoms with Crippen LogP contribution in [0.4, 0.5) is 0 Å². The molecule has 0 aliphatic rings. The van der Waals surface area contributed by atoms with Gasteiger partial charge in [-0.05, 0) is 40.9 Å². The van der Waals surface area contributed by atoms with Gasteiger partial charge in [-0.25, -0.2) is 9.78 Å². The fourth-order valence-electron chi connectivity index (χ4n) is 1.79. The molecule has 0 spiro atoms. The molecule has 0 radical (unpaired) electrons. The summed E-state index contributed by atoms with van der Waals surface area (Å²) in [4.78, 5) is 15.5. The number of aromatic carboxylic acids is 1. The lowest BCUT2D eigenvalue weighted by molar-refractivity contribution is 0.0661. The first-order valence-electron chi connectivity index (χ1n) is 5.90. The Morgan fingerprint density at radius 2 is 2.11 bits per heavy atom. The molecule has 0 bridgehead atoms. The van der Waals surface area contributed by atoms with E-state index in [2.05, 4.69) is 20.9 Å². The molecule has 1 heterocycles. The van der Waals surface area contributed by atoms with Gasteiger partial charge in [0.25, 0.3) is 0 Å². The van der Waals surface area contributed by atoms with E-state index in [-0.39, 0.29) is 11.7 Å². The summed E-state index contributed by atoms with van der Waals surface area (Å²) in [6, 6.07) is 5.76. The van der Waals surface area contributed by atoms with Crippen molar-refractivity contribution < 1.29 is 14.3 Å². The van der Waals surface area contributed by atoms with Crippen molar-refractivity contribution in [2.75, 3.05) is 0 Å². The van der Waals surface area contributed by atoms with Crippen molar-refractivity contribution in [2.45, 2.75) is 26.7 Å². The second-order valence-corrected chi connectivity index (χ2v) is 5.53. The standard InChI is InChI=1S/C14H14BrNO3/c1-7(2)11-12(14(17)18)19-13(16-11)9-6-8(3)4-5-10(9)15/h4-7H,1-3H3,(H,17,18). The molecular weight excluding hydrogens is 310 g/mol. The molecule has 0 unspecified atom stereocenters. The van der Waals surface area contributed by atoms with Crippen LogP contribution >= 0.6 is 15.9 Å². The third kappa shape index (κ3) is 2.71. The molecule has 1 aromatic carbocycles. The highest BCUT2D eigenvalue weighted by molar-refractivity contribution is 9.10. The monoisotopic (exact) mass is 323 g/mol. The van der Waals surface area contributed by atoms with Crippen molar-refractivity contribution in [3.63, 3.8) is 0 Å². The van der Waals surface area contributed by atoms with Crippen LogP contribution in [0.3, 0.4) is 0 Å². The Morgan fingerprint density at radius 3 is 2.63 bits per heavy atom. The van der Waals surface area contributed by atoms with Gasteiger partial charge in [-0.3, -0.25) is 0 Å². The maximum atomic E-state index is 11.2. The van der Waals surface area contributed by atoms with Crippen molar-refractivity contribution in [3.05, 3.63) is 39.7 Å². The van der Waals surface area contributed by atoms with Gasteiger partial charge < -0.3 is 9.52 Å². The molecule has 0 saturated heterocycles. The van der Waals surface area contributed by atoms with Crippen LogP contribution in [0.2, 0.25) is 0 Å². The fourth-order valence-corrected chi connectivity index (χ4v) is 2.21. The molecule has 0 aliphatic heterocycles. The summed E-state index contributed by atoms with van der Waals surface area (Å²) in [6.07, 6.45) is 0. The number of aromatic nitrogens is 1. The van der Waals surface area contributed by atoms with Crippen LogP contribution in [0.5, 0.6) is 0 Å². The lowest BCUT2D eigenvalue weighted by atomic mass is 10.1. The van der Waals surface area contributed by atoms with Gasteiger partial charge >= 0.3 is 5.97 Å². The largest absolute Gasteiger partial charge is 0.475 e. The summed E-state index contributed by atoms with van der Waals surface area (Å²) >= 11 is 3.43. The first kappa shape index (κ1) is 13.8. The van der Waals surface area contributed by atoms with E-state index < -0.39 is 5.97 Å². The SMILES string of the molecule is Cc1ccc(Br)c(-c2nc(C(C)C)c(C(=O)O)o2)c1. The van der Waals surface area contributed by atoms with Gasteiger partial charge in [0.15, 0.2) is 0 Å². The number of rotatable bonds is 3. The maximum Gasteiger partial charge on any atom is 0.373 e. The van der Waals surface area contributed by atoms with E-state index in [1.165, 1.54) is 0 Å². The number of benzene rings is 1. The molecule has 0 aliphatic carbocycles. The number of nitrogens with zero attached hydrogens (tertiary/aromatic N) is 1.